The molecule has 1 aromatic rings. The molecule has 0 radical (unpaired) electrons. The number of anilines is 1. The van der Waals surface area contributed by atoms with Gasteiger partial charge in [-0.2, -0.15) is 4.39 Å². The van der Waals surface area contributed by atoms with E-state index in [0.29, 0.717) is 0 Å². The zero-order chi connectivity index (χ0) is 15.1. The summed E-state index contributed by atoms with van der Waals surface area (Å²) in [5.74, 6) is -2.19. The van der Waals surface area contributed by atoms with E-state index in [-0.39, 0.29) is 12.2 Å². The normalized spacial score (nSPS) is 17.9. The van der Waals surface area contributed by atoms with Crippen LogP contribution in [0, 0.1) is 15.9 Å². The summed E-state index contributed by atoms with van der Waals surface area (Å²) in [5.41, 5.74) is -2.04. The van der Waals surface area contributed by atoms with Crippen molar-refractivity contribution in [2.75, 3.05) is 11.4 Å². The number of rotatable bonds is 2. The molecular weight excluding hydrogens is 269 g/mol. The van der Waals surface area contributed by atoms with Gasteiger partial charge in [0.25, 0.3) is 5.91 Å². The molecule has 0 aromatic heterocycles. The third-order valence-electron chi connectivity index (χ3n) is 3.22. The fourth-order valence-electron chi connectivity index (χ4n) is 2.07. The lowest BCUT2D eigenvalue weighted by Crippen LogP contribution is -2.64. The SMILES string of the molecule is CC1(C)C(=O)NC(=O)CN1c1cccc(F)c1[N+](=O)[O-]. The molecule has 1 heterocycles. The summed E-state index contributed by atoms with van der Waals surface area (Å²) in [7, 11) is 0. The van der Waals surface area contributed by atoms with E-state index in [2.05, 4.69) is 5.32 Å². The van der Waals surface area contributed by atoms with Gasteiger partial charge in [0, 0.05) is 0 Å². The second-order valence-corrected chi connectivity index (χ2v) is 4.89. The topological polar surface area (TPSA) is 92.6 Å². The minimum atomic E-state index is -1.20. The van der Waals surface area contributed by atoms with Gasteiger partial charge in [0.05, 0.1) is 11.5 Å². The second kappa shape index (κ2) is 4.55. The number of nitro groups is 1. The fourth-order valence-corrected chi connectivity index (χ4v) is 2.07. The molecule has 1 aliphatic rings. The van der Waals surface area contributed by atoms with Crippen LogP contribution in [0.15, 0.2) is 18.2 Å². The van der Waals surface area contributed by atoms with Gasteiger partial charge in [-0.25, -0.2) is 0 Å². The smallest absolute Gasteiger partial charge is 0.327 e. The summed E-state index contributed by atoms with van der Waals surface area (Å²) < 4.78 is 13.6. The highest BCUT2D eigenvalue weighted by Crippen LogP contribution is 2.35. The van der Waals surface area contributed by atoms with E-state index < -0.39 is 33.8 Å². The van der Waals surface area contributed by atoms with Gasteiger partial charge in [0.15, 0.2) is 0 Å². The maximum Gasteiger partial charge on any atom is 0.327 e. The predicted octanol–water partition coefficient (Wildman–Crippen LogP) is 0.975. The van der Waals surface area contributed by atoms with Gasteiger partial charge < -0.3 is 4.90 Å². The molecule has 1 N–H and O–H groups in total. The van der Waals surface area contributed by atoms with Crippen LogP contribution >= 0.6 is 0 Å². The average molecular weight is 281 g/mol. The molecule has 1 fully saturated rings. The minimum Gasteiger partial charge on any atom is -0.342 e. The van der Waals surface area contributed by atoms with Crippen LogP contribution in [0.25, 0.3) is 0 Å². The number of nitrogens with one attached hydrogen (secondary N) is 1. The predicted molar refractivity (Wildman–Crippen MR) is 67.6 cm³/mol. The van der Waals surface area contributed by atoms with Crippen LogP contribution in [0.4, 0.5) is 15.8 Å². The van der Waals surface area contributed by atoms with Crippen molar-refractivity contribution >= 4 is 23.2 Å². The maximum absolute atomic E-state index is 13.6. The standard InChI is InChI=1S/C12H12FN3O4/c1-12(2)11(18)14-9(17)6-15(12)8-5-3-4-7(13)10(8)16(19)20/h3-5H,6H2,1-2H3,(H,14,17,18). The summed E-state index contributed by atoms with van der Waals surface area (Å²) in [6.45, 7) is 2.75. The van der Waals surface area contributed by atoms with E-state index in [1.54, 1.807) is 0 Å². The van der Waals surface area contributed by atoms with Gasteiger partial charge in [-0.05, 0) is 26.0 Å². The number of piperazine rings is 1. The lowest BCUT2D eigenvalue weighted by molar-refractivity contribution is -0.386. The molecule has 1 aromatic carbocycles. The molecule has 0 spiro atoms. The molecule has 1 saturated heterocycles. The Bertz CT molecular complexity index is 615. The third-order valence-corrected chi connectivity index (χ3v) is 3.22. The highest BCUT2D eigenvalue weighted by Gasteiger charge is 2.43. The Balaban J connectivity index is 2.60. The zero-order valence-corrected chi connectivity index (χ0v) is 10.8. The van der Waals surface area contributed by atoms with Crippen molar-refractivity contribution in [3.63, 3.8) is 0 Å². The van der Waals surface area contributed by atoms with E-state index in [9.17, 15) is 24.1 Å². The summed E-state index contributed by atoms with van der Waals surface area (Å²) in [6.07, 6.45) is 0. The number of nitrogens with zero attached hydrogens (tertiary/aromatic N) is 2. The van der Waals surface area contributed by atoms with Crippen molar-refractivity contribution in [3.05, 3.63) is 34.1 Å². The second-order valence-electron chi connectivity index (χ2n) is 4.89. The van der Waals surface area contributed by atoms with Gasteiger partial charge in [-0.3, -0.25) is 25.0 Å². The van der Waals surface area contributed by atoms with Crippen molar-refractivity contribution < 1.29 is 18.9 Å². The number of amides is 2. The maximum atomic E-state index is 13.6. The first-order valence-corrected chi connectivity index (χ1v) is 5.80. The molecule has 0 unspecified atom stereocenters. The van der Waals surface area contributed by atoms with E-state index in [1.807, 2.05) is 0 Å². The van der Waals surface area contributed by atoms with Crippen LogP contribution in [-0.4, -0.2) is 28.8 Å². The third kappa shape index (κ3) is 2.09. The molecule has 0 atom stereocenters. The number of carbonyl (C=O) groups is 2. The van der Waals surface area contributed by atoms with Gasteiger partial charge in [-0.15, -0.1) is 0 Å². The molecule has 8 heteroatoms. The number of imide groups is 1. The lowest BCUT2D eigenvalue weighted by Gasteiger charge is -2.41. The molecule has 0 bridgehead atoms. The van der Waals surface area contributed by atoms with Gasteiger partial charge in [0.2, 0.25) is 11.7 Å². The number of carbonyl (C=O) groups excluding carboxylic acids is 2. The van der Waals surface area contributed by atoms with E-state index >= 15 is 0 Å². The molecule has 0 aliphatic carbocycles. The van der Waals surface area contributed by atoms with Crippen molar-refractivity contribution in [3.8, 4) is 0 Å². The number of halogens is 1. The van der Waals surface area contributed by atoms with Crippen molar-refractivity contribution in [1.29, 1.82) is 0 Å². The first kappa shape index (κ1) is 13.9. The largest absolute Gasteiger partial charge is 0.342 e. The Morgan fingerprint density at radius 2 is 2.05 bits per heavy atom. The van der Waals surface area contributed by atoms with Crippen LogP contribution in [0.2, 0.25) is 0 Å². The number of benzene rings is 1. The molecule has 2 rings (SSSR count). The van der Waals surface area contributed by atoms with Crippen LogP contribution < -0.4 is 10.2 Å². The van der Waals surface area contributed by atoms with E-state index in [0.717, 1.165) is 6.07 Å². The Morgan fingerprint density at radius 1 is 1.40 bits per heavy atom. The molecule has 0 saturated carbocycles. The number of hydrogen-bond donors (Lipinski definition) is 1. The molecule has 1 aliphatic heterocycles. The van der Waals surface area contributed by atoms with E-state index in [1.165, 1.54) is 30.9 Å². The fraction of sp³-hybridized carbons (Fsp3) is 0.333. The minimum absolute atomic E-state index is 0.0943. The average Bonchev–Trinajstić information content (AvgIpc) is 2.33. The van der Waals surface area contributed by atoms with Crippen molar-refractivity contribution in [1.82, 2.24) is 5.32 Å². The summed E-state index contributed by atoms with van der Waals surface area (Å²) >= 11 is 0. The van der Waals surface area contributed by atoms with Crippen LogP contribution in [0.3, 0.4) is 0 Å². The Morgan fingerprint density at radius 3 is 2.65 bits per heavy atom. The Labute approximate surface area is 113 Å². The summed E-state index contributed by atoms with van der Waals surface area (Å²) in [6, 6.07) is 3.57. The molecule has 7 nitrogen and oxygen atoms in total. The summed E-state index contributed by atoms with van der Waals surface area (Å²) in [4.78, 5) is 34.7. The highest BCUT2D eigenvalue weighted by atomic mass is 19.1. The van der Waals surface area contributed by atoms with Crippen LogP contribution in [0.5, 0.6) is 0 Å². The molecule has 106 valence electrons. The quantitative estimate of drug-likeness (QED) is 0.495. The molecular formula is C12H12FN3O4. The van der Waals surface area contributed by atoms with Gasteiger partial charge >= 0.3 is 5.69 Å². The Kier molecular flexibility index (Phi) is 3.16. The first-order chi connectivity index (χ1) is 9.25. The molecule has 2 amide bonds. The number of hydrogen-bond acceptors (Lipinski definition) is 5. The lowest BCUT2D eigenvalue weighted by atomic mass is 9.97. The van der Waals surface area contributed by atoms with Gasteiger partial charge in [0.1, 0.15) is 11.2 Å². The number of nitro benzene ring substituents is 1. The van der Waals surface area contributed by atoms with Gasteiger partial charge in [-0.1, -0.05) is 6.07 Å². The highest BCUT2D eigenvalue weighted by molar-refractivity contribution is 6.07. The zero-order valence-electron chi connectivity index (χ0n) is 10.8. The van der Waals surface area contributed by atoms with E-state index in [4.69, 9.17) is 0 Å². The van der Waals surface area contributed by atoms with Crippen molar-refractivity contribution in [2.45, 2.75) is 19.4 Å². The Hall–Kier alpha value is -2.51. The number of para-hydroxylation sites is 1. The van der Waals surface area contributed by atoms with Crippen LogP contribution in [-0.2, 0) is 9.59 Å². The monoisotopic (exact) mass is 281 g/mol. The van der Waals surface area contributed by atoms with Crippen molar-refractivity contribution in [2.24, 2.45) is 0 Å². The first-order valence-electron chi connectivity index (χ1n) is 5.80. The van der Waals surface area contributed by atoms with Crippen LogP contribution in [0.1, 0.15) is 13.8 Å². The summed E-state index contributed by atoms with van der Waals surface area (Å²) in [5, 5.41) is 13.2. The molecule has 20 heavy (non-hydrogen) atoms.